The maximum atomic E-state index is 12.6. The molecule has 0 atom stereocenters. The molecule has 1 heterocycles. The Morgan fingerprint density at radius 2 is 1.88 bits per heavy atom. The molecule has 0 aliphatic carbocycles. The van der Waals surface area contributed by atoms with E-state index in [4.69, 9.17) is 9.15 Å². The molecule has 3 aromatic rings. The number of amides is 1. The molecule has 0 radical (unpaired) electrons. The molecule has 0 fully saturated rings. The van der Waals surface area contributed by atoms with E-state index in [1.165, 1.54) is 5.56 Å². The zero-order valence-corrected chi connectivity index (χ0v) is 14.1. The van der Waals surface area contributed by atoms with Crippen molar-refractivity contribution in [3.05, 3.63) is 65.9 Å². The molecular weight excluding hydrogens is 302 g/mol. The summed E-state index contributed by atoms with van der Waals surface area (Å²) in [6, 6.07) is 17.4. The summed E-state index contributed by atoms with van der Waals surface area (Å²) in [6.45, 7) is 4.00. The fourth-order valence-corrected chi connectivity index (χ4v) is 2.83. The van der Waals surface area contributed by atoms with Gasteiger partial charge in [-0.15, -0.1) is 0 Å². The van der Waals surface area contributed by atoms with E-state index in [1.54, 1.807) is 13.2 Å². The first-order valence-corrected chi connectivity index (χ1v) is 7.91. The van der Waals surface area contributed by atoms with Gasteiger partial charge in [0.05, 0.1) is 7.11 Å². The lowest BCUT2D eigenvalue weighted by atomic mass is 9.95. The first kappa shape index (κ1) is 16.1. The highest BCUT2D eigenvalue weighted by molar-refractivity contribution is 5.97. The number of hydrogen-bond acceptors (Lipinski definition) is 3. The molecule has 1 amide bonds. The first-order chi connectivity index (χ1) is 11.5. The van der Waals surface area contributed by atoms with Gasteiger partial charge in [-0.1, -0.05) is 42.5 Å². The summed E-state index contributed by atoms with van der Waals surface area (Å²) in [5.41, 5.74) is 1.38. The van der Waals surface area contributed by atoms with Crippen molar-refractivity contribution in [1.29, 1.82) is 0 Å². The Morgan fingerprint density at radius 1 is 1.12 bits per heavy atom. The zero-order valence-electron chi connectivity index (χ0n) is 14.1. The number of furan rings is 1. The summed E-state index contributed by atoms with van der Waals surface area (Å²) in [5, 5.41) is 3.89. The molecule has 124 valence electrons. The topological polar surface area (TPSA) is 51.5 Å². The van der Waals surface area contributed by atoms with Crippen LogP contribution in [0, 0.1) is 0 Å². The molecule has 0 saturated heterocycles. The van der Waals surface area contributed by atoms with Crippen LogP contribution in [0.1, 0.15) is 30.0 Å². The van der Waals surface area contributed by atoms with Crippen LogP contribution in [0.4, 0.5) is 0 Å². The van der Waals surface area contributed by atoms with Gasteiger partial charge in [-0.3, -0.25) is 4.79 Å². The van der Waals surface area contributed by atoms with E-state index in [2.05, 4.69) is 17.4 Å². The van der Waals surface area contributed by atoms with Crippen LogP contribution in [0.3, 0.4) is 0 Å². The van der Waals surface area contributed by atoms with Crippen LogP contribution >= 0.6 is 0 Å². The van der Waals surface area contributed by atoms with Gasteiger partial charge in [0.25, 0.3) is 5.91 Å². The van der Waals surface area contributed by atoms with Crippen LogP contribution in [0.2, 0.25) is 0 Å². The second kappa shape index (κ2) is 6.40. The Bertz CT molecular complexity index is 850. The number of rotatable bonds is 5. The average molecular weight is 323 g/mol. The van der Waals surface area contributed by atoms with Crippen molar-refractivity contribution in [1.82, 2.24) is 5.32 Å². The van der Waals surface area contributed by atoms with E-state index in [1.807, 2.05) is 50.2 Å². The van der Waals surface area contributed by atoms with Crippen molar-refractivity contribution in [2.75, 3.05) is 7.11 Å². The number of methoxy groups -OCH3 is 1. The van der Waals surface area contributed by atoms with Crippen molar-refractivity contribution >= 4 is 16.9 Å². The SMILES string of the molecule is COc1cccc2cc(C(=O)NC(C)(C)Cc3ccccc3)oc12. The van der Waals surface area contributed by atoms with Gasteiger partial charge in [0.1, 0.15) is 0 Å². The first-order valence-electron chi connectivity index (χ1n) is 7.91. The summed E-state index contributed by atoms with van der Waals surface area (Å²) in [7, 11) is 1.58. The van der Waals surface area contributed by atoms with Gasteiger partial charge >= 0.3 is 0 Å². The third-order valence-corrected chi connectivity index (χ3v) is 3.89. The normalized spacial score (nSPS) is 11.5. The second-order valence-corrected chi connectivity index (χ2v) is 6.49. The number of nitrogens with one attached hydrogen (secondary N) is 1. The quantitative estimate of drug-likeness (QED) is 0.766. The fraction of sp³-hybridized carbons (Fsp3) is 0.250. The average Bonchev–Trinajstić information content (AvgIpc) is 2.99. The third kappa shape index (κ3) is 3.43. The molecule has 0 aliphatic heterocycles. The summed E-state index contributed by atoms with van der Waals surface area (Å²) < 4.78 is 11.0. The minimum Gasteiger partial charge on any atom is -0.493 e. The number of carbonyl (C=O) groups is 1. The monoisotopic (exact) mass is 323 g/mol. The molecule has 2 aromatic carbocycles. The molecule has 0 bridgehead atoms. The summed E-state index contributed by atoms with van der Waals surface area (Å²) >= 11 is 0. The van der Waals surface area contributed by atoms with E-state index >= 15 is 0 Å². The molecule has 0 unspecified atom stereocenters. The van der Waals surface area contributed by atoms with Gasteiger partial charge in [-0.05, 0) is 38.0 Å². The molecule has 0 aliphatic rings. The van der Waals surface area contributed by atoms with Crippen molar-refractivity contribution in [3.8, 4) is 5.75 Å². The molecule has 0 saturated carbocycles. The Hall–Kier alpha value is -2.75. The second-order valence-electron chi connectivity index (χ2n) is 6.49. The summed E-state index contributed by atoms with van der Waals surface area (Å²) in [6.07, 6.45) is 0.739. The van der Waals surface area contributed by atoms with Crippen LogP contribution in [0.15, 0.2) is 59.0 Å². The molecule has 4 nitrogen and oxygen atoms in total. The van der Waals surface area contributed by atoms with Gasteiger partial charge < -0.3 is 14.5 Å². The number of para-hydroxylation sites is 1. The highest BCUT2D eigenvalue weighted by Gasteiger charge is 2.24. The Kier molecular flexibility index (Phi) is 4.30. The van der Waals surface area contributed by atoms with Gasteiger partial charge in [-0.2, -0.15) is 0 Å². The maximum absolute atomic E-state index is 12.6. The molecule has 0 spiro atoms. The maximum Gasteiger partial charge on any atom is 0.287 e. The number of fused-ring (bicyclic) bond motifs is 1. The Balaban J connectivity index is 1.79. The van der Waals surface area contributed by atoms with Gasteiger partial charge in [0.15, 0.2) is 17.1 Å². The van der Waals surface area contributed by atoms with Crippen molar-refractivity contribution in [2.45, 2.75) is 25.8 Å². The number of carbonyl (C=O) groups excluding carboxylic acids is 1. The molecule has 24 heavy (non-hydrogen) atoms. The number of benzene rings is 2. The van der Waals surface area contributed by atoms with E-state index in [0.717, 1.165) is 11.8 Å². The fourth-order valence-electron chi connectivity index (χ4n) is 2.83. The van der Waals surface area contributed by atoms with E-state index in [9.17, 15) is 4.79 Å². The summed E-state index contributed by atoms with van der Waals surface area (Å²) in [4.78, 5) is 12.6. The Labute approximate surface area is 141 Å². The van der Waals surface area contributed by atoms with Crippen molar-refractivity contribution < 1.29 is 13.9 Å². The largest absolute Gasteiger partial charge is 0.493 e. The minimum absolute atomic E-state index is 0.228. The third-order valence-electron chi connectivity index (χ3n) is 3.89. The highest BCUT2D eigenvalue weighted by Crippen LogP contribution is 2.28. The van der Waals surface area contributed by atoms with E-state index in [0.29, 0.717) is 11.3 Å². The standard InChI is InChI=1S/C20H21NO3/c1-20(2,13-14-8-5-4-6-9-14)21-19(22)17-12-15-10-7-11-16(23-3)18(15)24-17/h4-12H,13H2,1-3H3,(H,21,22). The van der Waals surface area contributed by atoms with Crippen LogP contribution in [0.25, 0.3) is 11.0 Å². The lowest BCUT2D eigenvalue weighted by Gasteiger charge is -2.26. The molecular formula is C20H21NO3. The van der Waals surface area contributed by atoms with E-state index < -0.39 is 0 Å². The minimum atomic E-state index is -0.387. The lowest BCUT2D eigenvalue weighted by Crippen LogP contribution is -2.45. The van der Waals surface area contributed by atoms with Crippen LogP contribution in [-0.4, -0.2) is 18.6 Å². The van der Waals surface area contributed by atoms with Crippen molar-refractivity contribution in [3.63, 3.8) is 0 Å². The predicted molar refractivity (Wildman–Crippen MR) is 94.5 cm³/mol. The van der Waals surface area contributed by atoms with Gasteiger partial charge in [-0.25, -0.2) is 0 Å². The van der Waals surface area contributed by atoms with Gasteiger partial charge in [0.2, 0.25) is 0 Å². The van der Waals surface area contributed by atoms with Gasteiger partial charge in [0, 0.05) is 10.9 Å². The van der Waals surface area contributed by atoms with Crippen molar-refractivity contribution in [2.24, 2.45) is 0 Å². The molecule has 3 rings (SSSR count). The lowest BCUT2D eigenvalue weighted by molar-refractivity contribution is 0.0886. The number of ether oxygens (including phenoxy) is 1. The number of hydrogen-bond donors (Lipinski definition) is 1. The van der Waals surface area contributed by atoms with Crippen LogP contribution in [0.5, 0.6) is 5.75 Å². The molecule has 1 N–H and O–H groups in total. The van der Waals surface area contributed by atoms with Crippen LogP contribution < -0.4 is 10.1 Å². The smallest absolute Gasteiger partial charge is 0.287 e. The van der Waals surface area contributed by atoms with Crippen LogP contribution in [-0.2, 0) is 6.42 Å². The van der Waals surface area contributed by atoms with E-state index in [-0.39, 0.29) is 17.2 Å². The highest BCUT2D eigenvalue weighted by atomic mass is 16.5. The zero-order chi connectivity index (χ0) is 17.2. The predicted octanol–water partition coefficient (Wildman–Crippen LogP) is 4.19. The summed E-state index contributed by atoms with van der Waals surface area (Å²) in [5.74, 6) is 0.680. The molecule has 1 aromatic heterocycles. The molecule has 4 heteroatoms. The Morgan fingerprint density at radius 3 is 2.58 bits per heavy atom.